The fraction of sp³-hybridized carbons (Fsp3) is 0.471. The molecule has 0 radical (unpaired) electrons. The predicted octanol–water partition coefficient (Wildman–Crippen LogP) is 4.46. The van der Waals surface area contributed by atoms with Gasteiger partial charge in [0.05, 0.1) is 16.6 Å². The molecule has 0 aromatic heterocycles. The van der Waals surface area contributed by atoms with Crippen LogP contribution in [0.2, 0.25) is 5.02 Å². The lowest BCUT2D eigenvalue weighted by molar-refractivity contribution is -0.129. The molecule has 0 saturated heterocycles. The van der Waals surface area contributed by atoms with Crippen LogP contribution in [-0.4, -0.2) is 22.0 Å². The summed E-state index contributed by atoms with van der Waals surface area (Å²) in [5, 5.41) is 10.5. The Morgan fingerprint density at radius 2 is 2.00 bits per heavy atom. The maximum absolute atomic E-state index is 13.3. The molecule has 3 nitrogen and oxygen atoms in total. The van der Waals surface area contributed by atoms with E-state index in [2.05, 4.69) is 0 Å². The Morgan fingerprint density at radius 1 is 1.36 bits per heavy atom. The number of carbonyl (C=O) groups excluding carboxylic acids is 1. The molecule has 1 aliphatic heterocycles. The van der Waals surface area contributed by atoms with Crippen molar-refractivity contribution in [2.24, 2.45) is 5.41 Å². The number of nitrogens with zero attached hydrogens (tertiary/aromatic N) is 1. The first kappa shape index (κ1) is 16.8. The molecule has 1 aromatic rings. The number of hydrogen-bond donors (Lipinski definition) is 1. The summed E-state index contributed by atoms with van der Waals surface area (Å²) in [5.41, 5.74) is 0.882. The highest BCUT2D eigenvalue weighted by Gasteiger charge is 2.44. The van der Waals surface area contributed by atoms with Gasteiger partial charge in [-0.2, -0.15) is 0 Å². The Bertz CT molecular complexity index is 634. The van der Waals surface area contributed by atoms with Gasteiger partial charge in [-0.25, -0.2) is 4.39 Å². The lowest BCUT2D eigenvalue weighted by atomic mass is 9.85. The Kier molecular flexibility index (Phi) is 4.52. The van der Waals surface area contributed by atoms with Gasteiger partial charge in [0.25, 0.3) is 5.91 Å². The van der Waals surface area contributed by atoms with Crippen molar-refractivity contribution in [1.29, 1.82) is 0 Å². The van der Waals surface area contributed by atoms with Gasteiger partial charge in [0, 0.05) is 6.54 Å². The van der Waals surface area contributed by atoms with E-state index in [9.17, 15) is 14.3 Å². The average molecular weight is 326 g/mol. The normalized spacial score (nSPS) is 19.3. The van der Waals surface area contributed by atoms with Crippen molar-refractivity contribution < 1.29 is 14.3 Å². The van der Waals surface area contributed by atoms with E-state index >= 15 is 0 Å². The van der Waals surface area contributed by atoms with E-state index in [1.54, 1.807) is 11.0 Å². The molecule has 1 heterocycles. The van der Waals surface area contributed by atoms with E-state index in [0.29, 0.717) is 12.0 Å². The molecule has 1 aliphatic rings. The summed E-state index contributed by atoms with van der Waals surface area (Å²) in [6, 6.07) is 4.03. The first-order valence-electron chi connectivity index (χ1n) is 7.33. The zero-order valence-electron chi connectivity index (χ0n) is 13.3. The topological polar surface area (TPSA) is 40.5 Å². The number of aliphatic hydroxyl groups is 1. The van der Waals surface area contributed by atoms with Crippen molar-refractivity contribution >= 4 is 17.5 Å². The lowest BCUT2D eigenvalue weighted by Crippen LogP contribution is -2.43. The lowest BCUT2D eigenvalue weighted by Gasteiger charge is -2.35. The fourth-order valence-electron chi connectivity index (χ4n) is 2.92. The monoisotopic (exact) mass is 325 g/mol. The van der Waals surface area contributed by atoms with Gasteiger partial charge in [0.1, 0.15) is 11.6 Å². The smallest absolute Gasteiger partial charge is 0.254 e. The van der Waals surface area contributed by atoms with Gasteiger partial charge < -0.3 is 10.0 Å². The second kappa shape index (κ2) is 5.92. The van der Waals surface area contributed by atoms with Crippen LogP contribution in [0, 0.1) is 11.2 Å². The van der Waals surface area contributed by atoms with Gasteiger partial charge in [-0.1, -0.05) is 45.4 Å². The molecular weight excluding hydrogens is 305 g/mol. The quantitative estimate of drug-likeness (QED) is 0.891. The van der Waals surface area contributed by atoms with Crippen LogP contribution in [0.15, 0.2) is 29.5 Å². The van der Waals surface area contributed by atoms with E-state index in [-0.39, 0.29) is 28.6 Å². The van der Waals surface area contributed by atoms with Crippen LogP contribution in [0.5, 0.6) is 0 Å². The van der Waals surface area contributed by atoms with Gasteiger partial charge in [0.2, 0.25) is 0 Å². The predicted molar refractivity (Wildman–Crippen MR) is 85.1 cm³/mol. The van der Waals surface area contributed by atoms with Crippen molar-refractivity contribution in [2.45, 2.75) is 46.7 Å². The summed E-state index contributed by atoms with van der Waals surface area (Å²) >= 11 is 5.81. The molecule has 1 N–H and O–H groups in total. The zero-order chi connectivity index (χ0) is 16.7. The van der Waals surface area contributed by atoms with E-state index in [1.807, 2.05) is 27.7 Å². The van der Waals surface area contributed by atoms with Gasteiger partial charge in [-0.05, 0) is 29.5 Å². The average Bonchev–Trinajstić information content (AvgIpc) is 2.64. The molecule has 0 aliphatic carbocycles. The van der Waals surface area contributed by atoms with Crippen molar-refractivity contribution in [3.63, 3.8) is 0 Å². The Balaban J connectivity index is 2.36. The molecule has 1 aromatic carbocycles. The Morgan fingerprint density at radius 3 is 2.50 bits per heavy atom. The Hall–Kier alpha value is -1.55. The van der Waals surface area contributed by atoms with Gasteiger partial charge in [-0.3, -0.25) is 4.79 Å². The summed E-state index contributed by atoms with van der Waals surface area (Å²) < 4.78 is 13.3. The summed E-state index contributed by atoms with van der Waals surface area (Å²) in [7, 11) is 0. The van der Waals surface area contributed by atoms with Gasteiger partial charge in [0.15, 0.2) is 0 Å². The number of hydrogen-bond acceptors (Lipinski definition) is 2. The number of rotatable bonds is 3. The highest BCUT2D eigenvalue weighted by molar-refractivity contribution is 6.30. The third kappa shape index (κ3) is 2.98. The standard InChI is InChI=1S/C17H21ClFNO2/c1-5-11-14(21)15(17(2,3)4)20(16(11)22)9-10-6-7-13(19)12(18)8-10/h6-8,15,21H,5,9H2,1-4H3/t15-/m1/s1. The minimum atomic E-state index is -0.485. The minimum Gasteiger partial charge on any atom is -0.510 e. The van der Waals surface area contributed by atoms with Crippen LogP contribution in [0.3, 0.4) is 0 Å². The van der Waals surface area contributed by atoms with Crippen LogP contribution in [0.4, 0.5) is 4.39 Å². The number of benzene rings is 1. The maximum Gasteiger partial charge on any atom is 0.254 e. The molecule has 5 heteroatoms. The summed E-state index contributed by atoms with van der Waals surface area (Å²) in [5.74, 6) is -0.505. The minimum absolute atomic E-state index is 0.0318. The summed E-state index contributed by atoms with van der Waals surface area (Å²) in [4.78, 5) is 14.2. The molecule has 0 spiro atoms. The van der Waals surface area contributed by atoms with E-state index in [1.165, 1.54) is 12.1 Å². The molecule has 120 valence electrons. The molecule has 0 saturated carbocycles. The van der Waals surface area contributed by atoms with Crippen molar-refractivity contribution in [1.82, 2.24) is 4.90 Å². The number of carbonyl (C=O) groups is 1. The summed E-state index contributed by atoms with van der Waals surface area (Å²) in [6.45, 7) is 8.06. The van der Waals surface area contributed by atoms with Crippen LogP contribution in [-0.2, 0) is 11.3 Å². The van der Waals surface area contributed by atoms with E-state index in [0.717, 1.165) is 5.56 Å². The number of amides is 1. The van der Waals surface area contributed by atoms with E-state index in [4.69, 9.17) is 11.6 Å². The first-order valence-corrected chi connectivity index (χ1v) is 7.71. The van der Waals surface area contributed by atoms with Crippen LogP contribution in [0.1, 0.15) is 39.7 Å². The van der Waals surface area contributed by atoms with Crippen LogP contribution in [0.25, 0.3) is 0 Å². The molecule has 0 fully saturated rings. The third-order valence-electron chi connectivity index (χ3n) is 3.91. The maximum atomic E-state index is 13.3. The molecule has 0 bridgehead atoms. The number of halogens is 2. The Labute approximate surface area is 135 Å². The van der Waals surface area contributed by atoms with Gasteiger partial charge in [-0.15, -0.1) is 0 Å². The van der Waals surface area contributed by atoms with Crippen molar-refractivity contribution in [3.05, 3.63) is 45.9 Å². The fourth-order valence-corrected chi connectivity index (χ4v) is 3.12. The molecule has 1 amide bonds. The third-order valence-corrected chi connectivity index (χ3v) is 4.20. The first-order chi connectivity index (χ1) is 10.2. The molecule has 2 rings (SSSR count). The second-order valence-electron chi connectivity index (χ2n) is 6.67. The van der Waals surface area contributed by atoms with Crippen molar-refractivity contribution in [3.8, 4) is 0 Å². The van der Waals surface area contributed by atoms with Gasteiger partial charge >= 0.3 is 0 Å². The van der Waals surface area contributed by atoms with E-state index < -0.39 is 11.9 Å². The SMILES string of the molecule is CCC1=C(O)[C@H](C(C)(C)C)N(Cc2ccc(F)c(Cl)c2)C1=O. The largest absolute Gasteiger partial charge is 0.510 e. The van der Waals surface area contributed by atoms with Crippen LogP contribution >= 0.6 is 11.6 Å². The molecule has 1 atom stereocenters. The molecule has 0 unspecified atom stereocenters. The molecular formula is C17H21ClFNO2. The molecule has 22 heavy (non-hydrogen) atoms. The van der Waals surface area contributed by atoms with Crippen molar-refractivity contribution in [2.75, 3.05) is 0 Å². The zero-order valence-corrected chi connectivity index (χ0v) is 14.0. The second-order valence-corrected chi connectivity index (χ2v) is 7.07. The summed E-state index contributed by atoms with van der Waals surface area (Å²) in [6.07, 6.45) is 0.484. The highest BCUT2D eigenvalue weighted by atomic mass is 35.5. The number of aliphatic hydroxyl groups excluding tert-OH is 1. The van der Waals surface area contributed by atoms with Crippen LogP contribution < -0.4 is 0 Å². The highest BCUT2D eigenvalue weighted by Crippen LogP contribution is 2.38.